The van der Waals surface area contributed by atoms with Crippen molar-refractivity contribution in [1.29, 1.82) is 0 Å². The zero-order chi connectivity index (χ0) is 12.4. The Kier molecular flexibility index (Phi) is 3.57. The van der Waals surface area contributed by atoms with Crippen molar-refractivity contribution in [3.63, 3.8) is 0 Å². The second-order valence-electron chi connectivity index (χ2n) is 4.15. The van der Waals surface area contributed by atoms with E-state index in [0.717, 1.165) is 25.7 Å². The molecule has 6 heteroatoms. The van der Waals surface area contributed by atoms with Crippen LogP contribution < -0.4 is 5.73 Å². The van der Waals surface area contributed by atoms with Gasteiger partial charge < -0.3 is 10.5 Å². The molecule has 0 bridgehead atoms. The molecule has 2 N–H and O–H groups in total. The number of carbonyl (C=O) groups is 1. The number of hydrogen-bond donors (Lipinski definition) is 1. The average Bonchev–Trinajstić information content (AvgIpc) is 2.88. The van der Waals surface area contributed by atoms with E-state index < -0.39 is 5.97 Å². The minimum Gasteiger partial charge on any atom is -0.461 e. The Morgan fingerprint density at radius 1 is 1.59 bits per heavy atom. The summed E-state index contributed by atoms with van der Waals surface area (Å²) in [5.74, 6) is -0.254. The van der Waals surface area contributed by atoms with Gasteiger partial charge in [-0.15, -0.1) is 0 Å². The van der Waals surface area contributed by atoms with Crippen molar-refractivity contribution in [3.8, 4) is 0 Å². The molecule has 1 aromatic heterocycles. The largest absolute Gasteiger partial charge is 0.461 e. The predicted molar refractivity (Wildman–Crippen MR) is 65.1 cm³/mol. The quantitative estimate of drug-likeness (QED) is 0.844. The first-order valence-corrected chi connectivity index (χ1v) is 6.23. The van der Waals surface area contributed by atoms with Crippen LogP contribution in [0.25, 0.3) is 0 Å². The molecule has 0 unspecified atom stereocenters. The standard InChI is InChI=1S/C11H16ClN3O2/c1-2-17-11(16)9-8(12)10(13)14-15(9)7-5-3-4-6-7/h7H,2-6H2,1H3,(H2,13,14). The first-order valence-electron chi connectivity index (χ1n) is 5.85. The van der Waals surface area contributed by atoms with E-state index in [0.29, 0.717) is 6.61 Å². The van der Waals surface area contributed by atoms with Crippen LogP contribution in [0, 0.1) is 0 Å². The van der Waals surface area contributed by atoms with Gasteiger partial charge in [-0.2, -0.15) is 5.10 Å². The van der Waals surface area contributed by atoms with Gasteiger partial charge in [0.15, 0.2) is 11.5 Å². The lowest BCUT2D eigenvalue weighted by atomic mass is 10.2. The Hall–Kier alpha value is -1.23. The summed E-state index contributed by atoms with van der Waals surface area (Å²) in [5.41, 5.74) is 5.96. The maximum Gasteiger partial charge on any atom is 0.358 e. The summed E-state index contributed by atoms with van der Waals surface area (Å²) < 4.78 is 6.62. The number of nitrogens with zero attached hydrogens (tertiary/aromatic N) is 2. The maximum absolute atomic E-state index is 11.8. The van der Waals surface area contributed by atoms with Crippen LogP contribution in [-0.2, 0) is 4.74 Å². The third kappa shape index (κ3) is 2.24. The van der Waals surface area contributed by atoms with Gasteiger partial charge in [0.2, 0.25) is 0 Å². The molecular weight excluding hydrogens is 242 g/mol. The second-order valence-corrected chi connectivity index (χ2v) is 4.53. The lowest BCUT2D eigenvalue weighted by molar-refractivity contribution is 0.0509. The molecule has 1 aliphatic rings. The lowest BCUT2D eigenvalue weighted by Crippen LogP contribution is -2.17. The molecule has 5 nitrogen and oxygen atoms in total. The van der Waals surface area contributed by atoms with E-state index in [1.54, 1.807) is 11.6 Å². The average molecular weight is 258 g/mol. The Bertz CT molecular complexity index is 425. The van der Waals surface area contributed by atoms with Crippen molar-refractivity contribution >= 4 is 23.4 Å². The molecule has 17 heavy (non-hydrogen) atoms. The summed E-state index contributed by atoms with van der Waals surface area (Å²) in [4.78, 5) is 11.8. The van der Waals surface area contributed by atoms with Gasteiger partial charge in [-0.1, -0.05) is 24.4 Å². The van der Waals surface area contributed by atoms with Gasteiger partial charge in [-0.05, 0) is 19.8 Å². The third-order valence-electron chi connectivity index (χ3n) is 3.02. The van der Waals surface area contributed by atoms with Crippen LogP contribution in [0.15, 0.2) is 0 Å². The van der Waals surface area contributed by atoms with Gasteiger partial charge in [-0.3, -0.25) is 4.68 Å². The van der Waals surface area contributed by atoms with Crippen molar-refractivity contribution in [2.45, 2.75) is 38.6 Å². The van der Waals surface area contributed by atoms with Crippen molar-refractivity contribution in [2.75, 3.05) is 12.3 Å². The van der Waals surface area contributed by atoms with Crippen LogP contribution in [-0.4, -0.2) is 22.4 Å². The number of nitrogens with two attached hydrogens (primary N) is 1. The third-order valence-corrected chi connectivity index (χ3v) is 3.39. The number of nitrogen functional groups attached to an aromatic ring is 1. The number of esters is 1. The monoisotopic (exact) mass is 257 g/mol. The molecule has 0 saturated heterocycles. The maximum atomic E-state index is 11.8. The molecule has 0 amide bonds. The molecule has 1 aromatic rings. The number of anilines is 1. The number of aromatic nitrogens is 2. The highest BCUT2D eigenvalue weighted by molar-refractivity contribution is 6.35. The molecule has 1 fully saturated rings. The first-order chi connectivity index (χ1) is 8.15. The van der Waals surface area contributed by atoms with E-state index in [9.17, 15) is 4.79 Å². The molecule has 0 spiro atoms. The highest BCUT2D eigenvalue weighted by atomic mass is 35.5. The Labute approximate surface area is 105 Å². The fourth-order valence-corrected chi connectivity index (χ4v) is 2.43. The Balaban J connectivity index is 2.37. The van der Waals surface area contributed by atoms with Crippen LogP contribution >= 0.6 is 11.6 Å². The SMILES string of the molecule is CCOC(=O)c1c(Cl)c(N)nn1C1CCCC1. The van der Waals surface area contributed by atoms with Crippen LogP contribution in [0.3, 0.4) is 0 Å². The van der Waals surface area contributed by atoms with Gasteiger partial charge in [0.05, 0.1) is 12.6 Å². The van der Waals surface area contributed by atoms with Gasteiger partial charge in [0, 0.05) is 0 Å². The summed E-state index contributed by atoms with van der Waals surface area (Å²) in [5, 5.41) is 4.36. The van der Waals surface area contributed by atoms with E-state index in [4.69, 9.17) is 22.1 Å². The van der Waals surface area contributed by atoms with Gasteiger partial charge in [-0.25, -0.2) is 4.79 Å². The Morgan fingerprint density at radius 3 is 2.82 bits per heavy atom. The molecule has 1 aliphatic carbocycles. The smallest absolute Gasteiger partial charge is 0.358 e. The predicted octanol–water partition coefficient (Wildman–Crippen LogP) is 2.41. The lowest BCUT2D eigenvalue weighted by Gasteiger charge is -2.13. The van der Waals surface area contributed by atoms with Crippen molar-refractivity contribution in [2.24, 2.45) is 0 Å². The topological polar surface area (TPSA) is 70.1 Å². The Morgan fingerprint density at radius 2 is 2.24 bits per heavy atom. The molecule has 1 heterocycles. The van der Waals surface area contributed by atoms with E-state index in [2.05, 4.69) is 5.10 Å². The van der Waals surface area contributed by atoms with E-state index >= 15 is 0 Å². The van der Waals surface area contributed by atoms with Crippen LogP contribution in [0.2, 0.25) is 5.02 Å². The summed E-state index contributed by atoms with van der Waals surface area (Å²) in [6.07, 6.45) is 4.29. The van der Waals surface area contributed by atoms with E-state index in [1.807, 2.05) is 0 Å². The zero-order valence-corrected chi connectivity index (χ0v) is 10.5. The van der Waals surface area contributed by atoms with Crippen molar-refractivity contribution in [1.82, 2.24) is 9.78 Å². The second kappa shape index (κ2) is 4.96. The minimum atomic E-state index is -0.450. The molecule has 0 atom stereocenters. The number of halogens is 1. The summed E-state index contributed by atoms with van der Waals surface area (Å²) in [6, 6.07) is 0.212. The van der Waals surface area contributed by atoms with Gasteiger partial charge in [0.25, 0.3) is 0 Å². The summed E-state index contributed by atoms with van der Waals surface area (Å²) in [7, 11) is 0. The first kappa shape index (κ1) is 12.2. The molecule has 1 saturated carbocycles. The number of rotatable bonds is 3. The number of ether oxygens (including phenoxy) is 1. The van der Waals surface area contributed by atoms with Gasteiger partial charge in [0.1, 0.15) is 5.02 Å². The highest BCUT2D eigenvalue weighted by Gasteiger charge is 2.28. The van der Waals surface area contributed by atoms with Crippen LogP contribution in [0.5, 0.6) is 0 Å². The minimum absolute atomic E-state index is 0.196. The fraction of sp³-hybridized carbons (Fsp3) is 0.636. The van der Waals surface area contributed by atoms with Crippen molar-refractivity contribution in [3.05, 3.63) is 10.7 Å². The van der Waals surface area contributed by atoms with E-state index in [-0.39, 0.29) is 22.6 Å². The molecular formula is C11H16ClN3O2. The number of carbonyl (C=O) groups excluding carboxylic acids is 1. The molecule has 2 rings (SSSR count). The summed E-state index contributed by atoms with van der Waals surface area (Å²) >= 11 is 6.01. The molecule has 0 radical (unpaired) electrons. The van der Waals surface area contributed by atoms with Crippen LogP contribution in [0.1, 0.15) is 49.1 Å². The molecule has 0 aromatic carbocycles. The summed E-state index contributed by atoms with van der Waals surface area (Å²) in [6.45, 7) is 2.07. The van der Waals surface area contributed by atoms with Crippen LogP contribution in [0.4, 0.5) is 5.82 Å². The van der Waals surface area contributed by atoms with Gasteiger partial charge >= 0.3 is 5.97 Å². The molecule has 94 valence electrons. The number of hydrogen-bond acceptors (Lipinski definition) is 4. The van der Waals surface area contributed by atoms with E-state index in [1.165, 1.54) is 0 Å². The molecule has 0 aliphatic heterocycles. The zero-order valence-electron chi connectivity index (χ0n) is 9.78. The highest BCUT2D eigenvalue weighted by Crippen LogP contribution is 2.34. The van der Waals surface area contributed by atoms with Crippen molar-refractivity contribution < 1.29 is 9.53 Å². The normalized spacial score (nSPS) is 16.4. The fourth-order valence-electron chi connectivity index (χ4n) is 2.23.